The van der Waals surface area contributed by atoms with Crippen LogP contribution < -0.4 is 0 Å². The molecule has 1 rings (SSSR count). The summed E-state index contributed by atoms with van der Waals surface area (Å²) in [6.07, 6.45) is 9.01. The van der Waals surface area contributed by atoms with Crippen LogP contribution in [0.1, 0.15) is 39.5 Å². The van der Waals surface area contributed by atoms with Gasteiger partial charge in [-0.25, -0.2) is 0 Å². The Hall–Kier alpha value is -0.790. The lowest BCUT2D eigenvalue weighted by atomic mass is 9.79. The average molecular weight is 196 g/mol. The number of allylic oxidation sites excluding steroid dienone is 2. The Morgan fingerprint density at radius 3 is 2.79 bits per heavy atom. The fourth-order valence-corrected chi connectivity index (χ4v) is 2.07. The molecule has 0 amide bonds. The van der Waals surface area contributed by atoms with Crippen molar-refractivity contribution >= 4 is 5.97 Å². The van der Waals surface area contributed by atoms with Gasteiger partial charge in [-0.3, -0.25) is 4.79 Å². The highest BCUT2D eigenvalue weighted by Crippen LogP contribution is 2.32. The lowest BCUT2D eigenvalue weighted by molar-refractivity contribution is -0.151. The number of rotatable bonds is 3. The third-order valence-corrected chi connectivity index (χ3v) is 2.86. The zero-order chi connectivity index (χ0) is 10.6. The number of hydrogen-bond donors (Lipinski definition) is 0. The van der Waals surface area contributed by atoms with Gasteiger partial charge in [0.1, 0.15) is 0 Å². The van der Waals surface area contributed by atoms with E-state index in [0.29, 0.717) is 5.92 Å². The van der Waals surface area contributed by atoms with E-state index in [1.165, 1.54) is 26.4 Å². The Bertz CT molecular complexity index is 228. The van der Waals surface area contributed by atoms with Crippen LogP contribution in [0.5, 0.6) is 0 Å². The molecule has 2 nitrogen and oxygen atoms in total. The second kappa shape index (κ2) is 4.63. The molecule has 0 saturated heterocycles. The van der Waals surface area contributed by atoms with Crippen molar-refractivity contribution in [2.45, 2.75) is 39.5 Å². The molecule has 0 aromatic carbocycles. The number of carbonyl (C=O) groups excluding carboxylic acids is 1. The molecule has 0 saturated carbocycles. The number of methoxy groups -OCH3 is 1. The fraction of sp³-hybridized carbons (Fsp3) is 0.750. The van der Waals surface area contributed by atoms with Crippen molar-refractivity contribution in [2.24, 2.45) is 11.3 Å². The molecule has 0 radical (unpaired) electrons. The molecule has 1 aliphatic rings. The summed E-state index contributed by atoms with van der Waals surface area (Å²) >= 11 is 0. The predicted octanol–water partition coefficient (Wildman–Crippen LogP) is 2.93. The van der Waals surface area contributed by atoms with E-state index in [1.54, 1.807) is 0 Å². The van der Waals surface area contributed by atoms with Crippen LogP contribution in [0.25, 0.3) is 0 Å². The minimum atomic E-state index is -0.346. The van der Waals surface area contributed by atoms with Crippen molar-refractivity contribution in [3.8, 4) is 0 Å². The summed E-state index contributed by atoms with van der Waals surface area (Å²) in [6, 6.07) is 0. The van der Waals surface area contributed by atoms with Crippen LogP contribution in [0.2, 0.25) is 0 Å². The molecule has 1 unspecified atom stereocenters. The quantitative estimate of drug-likeness (QED) is 0.512. The van der Waals surface area contributed by atoms with Crippen molar-refractivity contribution in [3.05, 3.63) is 12.2 Å². The first kappa shape index (κ1) is 11.3. The van der Waals surface area contributed by atoms with Crippen molar-refractivity contribution in [1.29, 1.82) is 0 Å². The fourth-order valence-electron chi connectivity index (χ4n) is 2.07. The van der Waals surface area contributed by atoms with Gasteiger partial charge >= 0.3 is 5.97 Å². The van der Waals surface area contributed by atoms with Crippen LogP contribution in [0.4, 0.5) is 0 Å². The molecule has 14 heavy (non-hydrogen) atoms. The van der Waals surface area contributed by atoms with Crippen molar-refractivity contribution in [2.75, 3.05) is 7.11 Å². The van der Waals surface area contributed by atoms with Gasteiger partial charge in [0.05, 0.1) is 12.5 Å². The maximum atomic E-state index is 11.5. The van der Waals surface area contributed by atoms with Gasteiger partial charge in [-0.1, -0.05) is 12.2 Å². The third kappa shape index (κ3) is 2.86. The standard InChI is InChI=1S/C12H20O2/c1-12(2,11(13)14-3)9-10-7-5-4-6-8-10/h5,7,10H,4,6,8-9H2,1-3H3. The van der Waals surface area contributed by atoms with E-state index in [-0.39, 0.29) is 11.4 Å². The molecule has 1 atom stereocenters. The second-order valence-electron chi connectivity index (χ2n) is 4.70. The zero-order valence-electron chi connectivity index (χ0n) is 9.38. The molecular weight excluding hydrogens is 176 g/mol. The second-order valence-corrected chi connectivity index (χ2v) is 4.70. The summed E-state index contributed by atoms with van der Waals surface area (Å²) in [4.78, 5) is 11.5. The number of hydrogen-bond acceptors (Lipinski definition) is 2. The molecule has 0 bridgehead atoms. The Labute approximate surface area is 86.3 Å². The molecule has 80 valence electrons. The molecule has 2 heteroatoms. The monoisotopic (exact) mass is 196 g/mol. The molecule has 0 heterocycles. The van der Waals surface area contributed by atoms with Gasteiger partial charge in [-0.15, -0.1) is 0 Å². The predicted molar refractivity (Wildman–Crippen MR) is 56.9 cm³/mol. The van der Waals surface area contributed by atoms with Gasteiger partial charge in [0.2, 0.25) is 0 Å². The van der Waals surface area contributed by atoms with E-state index in [2.05, 4.69) is 12.2 Å². The van der Waals surface area contributed by atoms with E-state index in [1.807, 2.05) is 13.8 Å². The Morgan fingerprint density at radius 2 is 2.29 bits per heavy atom. The minimum Gasteiger partial charge on any atom is -0.469 e. The molecule has 1 aliphatic carbocycles. The summed E-state index contributed by atoms with van der Waals surface area (Å²) in [5.74, 6) is 0.453. The van der Waals surface area contributed by atoms with E-state index in [4.69, 9.17) is 4.74 Å². The highest BCUT2D eigenvalue weighted by atomic mass is 16.5. The first-order valence-corrected chi connectivity index (χ1v) is 5.31. The van der Waals surface area contributed by atoms with Crippen LogP contribution in [0, 0.1) is 11.3 Å². The van der Waals surface area contributed by atoms with Crippen LogP contribution in [-0.4, -0.2) is 13.1 Å². The lowest BCUT2D eigenvalue weighted by Crippen LogP contribution is -2.28. The van der Waals surface area contributed by atoms with Crippen molar-refractivity contribution in [1.82, 2.24) is 0 Å². The Kier molecular flexibility index (Phi) is 3.73. The largest absolute Gasteiger partial charge is 0.469 e. The van der Waals surface area contributed by atoms with Crippen molar-refractivity contribution < 1.29 is 9.53 Å². The summed E-state index contributed by atoms with van der Waals surface area (Å²) in [5.41, 5.74) is -0.346. The molecule has 0 spiro atoms. The van der Waals surface area contributed by atoms with Gasteiger partial charge in [0.25, 0.3) is 0 Å². The molecule has 0 aromatic rings. The zero-order valence-corrected chi connectivity index (χ0v) is 9.38. The molecule has 0 N–H and O–H groups in total. The summed E-state index contributed by atoms with van der Waals surface area (Å²) < 4.78 is 4.79. The highest BCUT2D eigenvalue weighted by molar-refractivity contribution is 5.75. The minimum absolute atomic E-state index is 0.100. The first-order chi connectivity index (χ1) is 6.56. The maximum absolute atomic E-state index is 11.5. The van der Waals surface area contributed by atoms with Crippen LogP contribution in [-0.2, 0) is 9.53 Å². The SMILES string of the molecule is COC(=O)C(C)(C)CC1C=CCCC1. The van der Waals surface area contributed by atoms with Crippen molar-refractivity contribution in [3.63, 3.8) is 0 Å². The average Bonchev–Trinajstić information content (AvgIpc) is 2.17. The Balaban J connectivity index is 2.52. The van der Waals surface area contributed by atoms with E-state index < -0.39 is 0 Å². The van der Waals surface area contributed by atoms with Gasteiger partial charge in [-0.05, 0) is 45.4 Å². The number of carbonyl (C=O) groups is 1. The Morgan fingerprint density at radius 1 is 1.57 bits per heavy atom. The van der Waals surface area contributed by atoms with Gasteiger partial charge in [-0.2, -0.15) is 0 Å². The van der Waals surface area contributed by atoms with Crippen LogP contribution >= 0.6 is 0 Å². The number of esters is 1. The van der Waals surface area contributed by atoms with Gasteiger partial charge in [0.15, 0.2) is 0 Å². The lowest BCUT2D eigenvalue weighted by Gasteiger charge is -2.26. The number of ether oxygens (including phenoxy) is 1. The highest BCUT2D eigenvalue weighted by Gasteiger charge is 2.31. The molecule has 0 aliphatic heterocycles. The smallest absolute Gasteiger partial charge is 0.311 e. The van der Waals surface area contributed by atoms with Crippen LogP contribution in [0.15, 0.2) is 12.2 Å². The summed E-state index contributed by atoms with van der Waals surface area (Å²) in [5, 5.41) is 0. The maximum Gasteiger partial charge on any atom is 0.311 e. The van der Waals surface area contributed by atoms with Crippen LogP contribution in [0.3, 0.4) is 0 Å². The summed E-state index contributed by atoms with van der Waals surface area (Å²) in [6.45, 7) is 3.92. The first-order valence-electron chi connectivity index (χ1n) is 5.31. The topological polar surface area (TPSA) is 26.3 Å². The van der Waals surface area contributed by atoms with Gasteiger partial charge < -0.3 is 4.74 Å². The molecule has 0 fully saturated rings. The van der Waals surface area contributed by atoms with E-state index >= 15 is 0 Å². The summed E-state index contributed by atoms with van der Waals surface area (Å²) in [7, 11) is 1.46. The normalized spacial score (nSPS) is 22.1. The van der Waals surface area contributed by atoms with E-state index in [9.17, 15) is 4.79 Å². The third-order valence-electron chi connectivity index (χ3n) is 2.86. The van der Waals surface area contributed by atoms with E-state index in [0.717, 1.165) is 6.42 Å². The molecule has 0 aromatic heterocycles. The van der Waals surface area contributed by atoms with Gasteiger partial charge in [0, 0.05) is 0 Å². The molecular formula is C12H20O2.